The number of likely N-dealkylation sites (tertiary alicyclic amines) is 1. The Labute approximate surface area is 177 Å². The molecule has 154 valence electrons. The van der Waals surface area contributed by atoms with Crippen molar-refractivity contribution in [3.63, 3.8) is 0 Å². The van der Waals surface area contributed by atoms with Crippen molar-refractivity contribution < 1.29 is 19.1 Å². The van der Waals surface area contributed by atoms with Gasteiger partial charge in [0.25, 0.3) is 11.8 Å². The molecule has 0 saturated carbocycles. The average molecular weight is 424 g/mol. The molecule has 2 N–H and O–H groups in total. The maximum absolute atomic E-state index is 13.2. The lowest BCUT2D eigenvalue weighted by Crippen LogP contribution is -2.31. The molecule has 1 aliphatic rings. The SMILES string of the molecule is O=C(NCc1ccc(C(=O)N2C[C@@H](O)C[C@H]2c2ccc(F)cc2)cc1)c1cccs1. The normalized spacial score (nSPS) is 18.4. The van der Waals surface area contributed by atoms with Gasteiger partial charge in [-0.25, -0.2) is 4.39 Å². The predicted octanol–water partition coefficient (Wildman–Crippen LogP) is 3.77. The third-order valence-corrected chi connectivity index (χ3v) is 6.06. The summed E-state index contributed by atoms with van der Waals surface area (Å²) in [6, 6.07) is 16.4. The first-order valence-corrected chi connectivity index (χ1v) is 10.5. The van der Waals surface area contributed by atoms with E-state index in [0.29, 0.717) is 23.4 Å². The number of thiophene rings is 1. The van der Waals surface area contributed by atoms with Crippen LogP contribution in [0.3, 0.4) is 0 Å². The van der Waals surface area contributed by atoms with Crippen molar-refractivity contribution in [2.45, 2.75) is 25.1 Å². The number of rotatable bonds is 5. The van der Waals surface area contributed by atoms with Crippen molar-refractivity contribution in [3.8, 4) is 0 Å². The van der Waals surface area contributed by atoms with E-state index >= 15 is 0 Å². The maximum Gasteiger partial charge on any atom is 0.261 e. The minimum Gasteiger partial charge on any atom is -0.391 e. The first-order chi connectivity index (χ1) is 14.5. The van der Waals surface area contributed by atoms with Gasteiger partial charge in [-0.3, -0.25) is 9.59 Å². The molecule has 0 spiro atoms. The van der Waals surface area contributed by atoms with Crippen LogP contribution in [0, 0.1) is 5.82 Å². The minimum atomic E-state index is -0.615. The Bertz CT molecular complexity index is 1020. The van der Waals surface area contributed by atoms with Crippen molar-refractivity contribution in [1.82, 2.24) is 10.2 Å². The maximum atomic E-state index is 13.2. The quantitative estimate of drug-likeness (QED) is 0.655. The molecule has 0 radical (unpaired) electrons. The van der Waals surface area contributed by atoms with Gasteiger partial charge in [0.1, 0.15) is 5.82 Å². The van der Waals surface area contributed by atoms with Crippen LogP contribution in [0.4, 0.5) is 4.39 Å². The van der Waals surface area contributed by atoms with Gasteiger partial charge in [-0.2, -0.15) is 0 Å². The summed E-state index contributed by atoms with van der Waals surface area (Å²) < 4.78 is 13.2. The molecular weight excluding hydrogens is 403 g/mol. The van der Waals surface area contributed by atoms with Gasteiger partial charge >= 0.3 is 0 Å². The monoisotopic (exact) mass is 424 g/mol. The van der Waals surface area contributed by atoms with E-state index in [1.165, 1.54) is 23.5 Å². The summed E-state index contributed by atoms with van der Waals surface area (Å²) in [5.41, 5.74) is 2.19. The second-order valence-corrected chi connectivity index (χ2v) is 8.22. The van der Waals surface area contributed by atoms with Crippen LogP contribution >= 0.6 is 11.3 Å². The van der Waals surface area contributed by atoms with E-state index in [9.17, 15) is 19.1 Å². The second kappa shape index (κ2) is 8.77. The van der Waals surface area contributed by atoms with Crippen LogP contribution in [0.5, 0.6) is 0 Å². The number of nitrogens with zero attached hydrogens (tertiary/aromatic N) is 1. The molecule has 1 saturated heterocycles. The van der Waals surface area contributed by atoms with Gasteiger partial charge in [0.2, 0.25) is 0 Å². The van der Waals surface area contributed by atoms with Crippen LogP contribution in [0.15, 0.2) is 66.0 Å². The van der Waals surface area contributed by atoms with Crippen LogP contribution in [0.25, 0.3) is 0 Å². The summed E-state index contributed by atoms with van der Waals surface area (Å²) in [7, 11) is 0. The minimum absolute atomic E-state index is 0.127. The van der Waals surface area contributed by atoms with Crippen LogP contribution in [-0.4, -0.2) is 34.5 Å². The lowest BCUT2D eigenvalue weighted by molar-refractivity contribution is 0.0715. The molecule has 0 unspecified atom stereocenters. The number of carbonyl (C=O) groups is 2. The smallest absolute Gasteiger partial charge is 0.261 e. The van der Waals surface area contributed by atoms with Crippen LogP contribution in [0.1, 0.15) is 43.6 Å². The standard InChI is InChI=1S/C23H21FN2O3S/c24-18-9-7-16(8-10-18)20-12-19(27)14-26(20)23(29)17-5-3-15(4-6-17)13-25-22(28)21-2-1-11-30-21/h1-11,19-20,27H,12-14H2,(H,25,28)/t19-,20-/m0/s1. The molecule has 3 aromatic rings. The van der Waals surface area contributed by atoms with Gasteiger partial charge in [-0.15, -0.1) is 11.3 Å². The fourth-order valence-corrected chi connectivity index (χ4v) is 4.29. The average Bonchev–Trinajstić information content (AvgIpc) is 3.42. The Kier molecular flexibility index (Phi) is 5.92. The zero-order chi connectivity index (χ0) is 21.1. The van der Waals surface area contributed by atoms with Gasteiger partial charge < -0.3 is 15.3 Å². The van der Waals surface area contributed by atoms with E-state index in [-0.39, 0.29) is 30.2 Å². The molecule has 1 aromatic heterocycles. The number of halogens is 1. The van der Waals surface area contributed by atoms with Crippen molar-refractivity contribution in [1.29, 1.82) is 0 Å². The fraction of sp³-hybridized carbons (Fsp3) is 0.217. The van der Waals surface area contributed by atoms with Gasteiger partial charge in [0, 0.05) is 18.7 Å². The Morgan fingerprint density at radius 1 is 1.10 bits per heavy atom. The number of aliphatic hydroxyl groups is 1. The molecule has 2 heterocycles. The molecule has 2 amide bonds. The summed E-state index contributed by atoms with van der Waals surface area (Å²) >= 11 is 1.38. The van der Waals surface area contributed by atoms with Crippen LogP contribution in [-0.2, 0) is 6.54 Å². The molecule has 4 rings (SSSR count). The third kappa shape index (κ3) is 4.42. The number of β-amino-alcohol motifs (C(OH)–C–C–N with tert-alkyl or cyclic N) is 1. The van der Waals surface area contributed by atoms with Crippen LogP contribution < -0.4 is 5.32 Å². The Morgan fingerprint density at radius 3 is 2.50 bits per heavy atom. The Morgan fingerprint density at radius 2 is 1.83 bits per heavy atom. The molecule has 2 aromatic carbocycles. The summed E-state index contributed by atoms with van der Waals surface area (Å²) in [5.74, 6) is -0.648. The van der Waals surface area contributed by atoms with E-state index in [1.54, 1.807) is 47.4 Å². The Balaban J connectivity index is 1.43. The van der Waals surface area contributed by atoms with E-state index in [0.717, 1.165) is 11.1 Å². The molecule has 0 bridgehead atoms. The largest absolute Gasteiger partial charge is 0.391 e. The number of benzene rings is 2. The van der Waals surface area contributed by atoms with Gasteiger partial charge in [0.05, 0.1) is 17.0 Å². The topological polar surface area (TPSA) is 69.6 Å². The summed E-state index contributed by atoms with van der Waals surface area (Å²) in [4.78, 5) is 27.4. The molecule has 1 fully saturated rings. The summed E-state index contributed by atoms with van der Waals surface area (Å²) in [5, 5.41) is 14.8. The van der Waals surface area contributed by atoms with E-state index in [1.807, 2.05) is 11.4 Å². The van der Waals surface area contributed by atoms with Crippen molar-refractivity contribution in [3.05, 3.63) is 93.4 Å². The number of hydrogen-bond acceptors (Lipinski definition) is 4. The highest BCUT2D eigenvalue weighted by Gasteiger charge is 2.35. The second-order valence-electron chi connectivity index (χ2n) is 7.27. The van der Waals surface area contributed by atoms with Crippen LogP contribution in [0.2, 0.25) is 0 Å². The first kappa shape index (κ1) is 20.3. The van der Waals surface area contributed by atoms with Crippen molar-refractivity contribution >= 4 is 23.2 Å². The fourth-order valence-electron chi connectivity index (χ4n) is 3.65. The van der Waals surface area contributed by atoms with Gasteiger partial charge in [-0.1, -0.05) is 30.3 Å². The highest BCUT2D eigenvalue weighted by molar-refractivity contribution is 7.12. The zero-order valence-electron chi connectivity index (χ0n) is 16.1. The zero-order valence-corrected chi connectivity index (χ0v) is 16.9. The van der Waals surface area contributed by atoms with Gasteiger partial charge in [-0.05, 0) is 53.3 Å². The lowest BCUT2D eigenvalue weighted by Gasteiger charge is -2.25. The molecule has 0 aliphatic carbocycles. The van der Waals surface area contributed by atoms with Gasteiger partial charge in [0.15, 0.2) is 0 Å². The number of aliphatic hydroxyl groups excluding tert-OH is 1. The molecule has 2 atom stereocenters. The number of amides is 2. The molecule has 7 heteroatoms. The van der Waals surface area contributed by atoms with E-state index < -0.39 is 6.10 Å². The summed E-state index contributed by atoms with van der Waals surface area (Å²) in [6.45, 7) is 0.603. The molecule has 30 heavy (non-hydrogen) atoms. The third-order valence-electron chi connectivity index (χ3n) is 5.19. The number of hydrogen-bond donors (Lipinski definition) is 2. The summed E-state index contributed by atoms with van der Waals surface area (Å²) in [6.07, 6.45) is -0.194. The van der Waals surface area contributed by atoms with Crippen molar-refractivity contribution in [2.24, 2.45) is 0 Å². The van der Waals surface area contributed by atoms with E-state index in [2.05, 4.69) is 5.32 Å². The van der Waals surface area contributed by atoms with E-state index in [4.69, 9.17) is 0 Å². The highest BCUT2D eigenvalue weighted by atomic mass is 32.1. The number of carbonyl (C=O) groups excluding carboxylic acids is 2. The Hall–Kier alpha value is -3.03. The highest BCUT2D eigenvalue weighted by Crippen LogP contribution is 2.33. The number of nitrogens with one attached hydrogen (secondary N) is 1. The van der Waals surface area contributed by atoms with Crippen molar-refractivity contribution in [2.75, 3.05) is 6.54 Å². The lowest BCUT2D eigenvalue weighted by atomic mass is 10.0. The molecule has 5 nitrogen and oxygen atoms in total. The predicted molar refractivity (Wildman–Crippen MR) is 113 cm³/mol. The molecule has 1 aliphatic heterocycles. The first-order valence-electron chi connectivity index (χ1n) is 9.66. The molecular formula is C23H21FN2O3S.